The summed E-state index contributed by atoms with van der Waals surface area (Å²) in [6.07, 6.45) is 5.30. The molecule has 0 saturated heterocycles. The summed E-state index contributed by atoms with van der Waals surface area (Å²) in [7, 11) is 1.64. The third kappa shape index (κ3) is 2.97. The number of carbonyl (C=O) groups excluding carboxylic acids is 1. The molecule has 22 heavy (non-hydrogen) atoms. The van der Waals surface area contributed by atoms with Crippen molar-refractivity contribution in [1.29, 1.82) is 0 Å². The molecule has 1 heterocycles. The molecule has 110 valence electrons. The third-order valence-corrected chi connectivity index (χ3v) is 3.99. The van der Waals surface area contributed by atoms with Crippen LogP contribution in [0.1, 0.15) is 15.9 Å². The van der Waals surface area contributed by atoms with Crippen molar-refractivity contribution in [3.05, 3.63) is 70.3 Å². The van der Waals surface area contributed by atoms with Gasteiger partial charge in [0.25, 0.3) is 0 Å². The van der Waals surface area contributed by atoms with Crippen LogP contribution in [-0.2, 0) is 0 Å². The van der Waals surface area contributed by atoms with Crippen molar-refractivity contribution in [1.82, 2.24) is 4.98 Å². The number of benzene rings is 2. The smallest absolute Gasteiger partial charge is 0.185 e. The number of halogens is 1. The van der Waals surface area contributed by atoms with E-state index < -0.39 is 0 Å². The molecule has 0 fully saturated rings. The van der Waals surface area contributed by atoms with E-state index >= 15 is 0 Å². The number of fused-ring (bicyclic) bond motifs is 1. The molecule has 1 N–H and O–H groups in total. The molecule has 0 aliphatic rings. The van der Waals surface area contributed by atoms with Crippen molar-refractivity contribution in [2.24, 2.45) is 0 Å². The molecule has 0 saturated carbocycles. The average Bonchev–Trinajstić information content (AvgIpc) is 2.95. The van der Waals surface area contributed by atoms with E-state index in [0.29, 0.717) is 5.56 Å². The number of ether oxygens (including phenoxy) is 1. The molecule has 4 heteroatoms. The summed E-state index contributed by atoms with van der Waals surface area (Å²) in [6.45, 7) is 0. The molecule has 1 aromatic heterocycles. The van der Waals surface area contributed by atoms with Gasteiger partial charge in [0.2, 0.25) is 0 Å². The Bertz CT molecular complexity index is 847. The summed E-state index contributed by atoms with van der Waals surface area (Å²) >= 11 is 3.36. The largest absolute Gasteiger partial charge is 0.497 e. The number of methoxy groups -OCH3 is 1. The summed E-state index contributed by atoms with van der Waals surface area (Å²) in [6, 6.07) is 13.1. The highest BCUT2D eigenvalue weighted by Gasteiger charge is 2.05. The fraction of sp³-hybridized carbons (Fsp3) is 0.0556. The van der Waals surface area contributed by atoms with E-state index in [1.54, 1.807) is 25.3 Å². The number of H-pyrrole nitrogens is 1. The Balaban J connectivity index is 1.88. The van der Waals surface area contributed by atoms with Gasteiger partial charge in [-0.25, -0.2) is 0 Å². The highest BCUT2D eigenvalue weighted by Crippen LogP contribution is 2.24. The second-order valence-electron chi connectivity index (χ2n) is 4.86. The monoisotopic (exact) mass is 355 g/mol. The van der Waals surface area contributed by atoms with Crippen molar-refractivity contribution in [3.63, 3.8) is 0 Å². The van der Waals surface area contributed by atoms with Crippen LogP contribution in [0.3, 0.4) is 0 Å². The predicted molar refractivity (Wildman–Crippen MR) is 92.4 cm³/mol. The fourth-order valence-corrected chi connectivity index (χ4v) is 2.53. The molecule has 3 rings (SSSR count). The van der Waals surface area contributed by atoms with Crippen molar-refractivity contribution < 1.29 is 9.53 Å². The van der Waals surface area contributed by atoms with Gasteiger partial charge in [-0.05, 0) is 54.6 Å². The second-order valence-corrected chi connectivity index (χ2v) is 5.78. The van der Waals surface area contributed by atoms with Gasteiger partial charge in [-0.1, -0.05) is 15.9 Å². The van der Waals surface area contributed by atoms with Crippen LogP contribution in [0.4, 0.5) is 0 Å². The molecule has 3 nitrogen and oxygen atoms in total. The number of carbonyl (C=O) groups is 1. The molecular weight excluding hydrogens is 342 g/mol. The molecule has 0 aliphatic heterocycles. The van der Waals surface area contributed by atoms with Crippen LogP contribution in [0, 0.1) is 0 Å². The molecule has 0 radical (unpaired) electrons. The number of hydrogen-bond donors (Lipinski definition) is 1. The first-order valence-corrected chi connectivity index (χ1v) is 7.60. The standard InChI is InChI=1S/C18H14BrNO2/c1-22-15-7-8-17-16(10-15)13(11-20-17)4-9-18(21)12-2-5-14(19)6-3-12/h2-11,20H,1H3. The number of nitrogens with one attached hydrogen (secondary N) is 1. The van der Waals surface area contributed by atoms with Gasteiger partial charge >= 0.3 is 0 Å². The lowest BCUT2D eigenvalue weighted by molar-refractivity contribution is 0.104. The van der Waals surface area contributed by atoms with Gasteiger partial charge in [0.15, 0.2) is 5.78 Å². The SMILES string of the molecule is COc1ccc2[nH]cc(C=CC(=O)c3ccc(Br)cc3)c2c1. The van der Waals surface area contributed by atoms with Crippen LogP contribution >= 0.6 is 15.9 Å². The first-order valence-electron chi connectivity index (χ1n) is 6.80. The Kier molecular flexibility index (Phi) is 4.11. The Morgan fingerprint density at radius 1 is 1.18 bits per heavy atom. The molecule has 0 aliphatic carbocycles. The number of allylic oxidation sites excluding steroid dienone is 1. The number of hydrogen-bond acceptors (Lipinski definition) is 2. The maximum atomic E-state index is 12.2. The summed E-state index contributed by atoms with van der Waals surface area (Å²) in [4.78, 5) is 15.4. The van der Waals surface area contributed by atoms with E-state index in [1.165, 1.54) is 0 Å². The number of aromatic nitrogens is 1. The van der Waals surface area contributed by atoms with E-state index in [-0.39, 0.29) is 5.78 Å². The van der Waals surface area contributed by atoms with Crippen molar-refractivity contribution in [3.8, 4) is 5.75 Å². The summed E-state index contributed by atoms with van der Waals surface area (Å²) in [5.41, 5.74) is 2.63. The summed E-state index contributed by atoms with van der Waals surface area (Å²) in [5, 5.41) is 1.03. The third-order valence-electron chi connectivity index (χ3n) is 3.46. The minimum absolute atomic E-state index is 0.0234. The van der Waals surface area contributed by atoms with Crippen LogP contribution in [0.15, 0.2) is 59.2 Å². The highest BCUT2D eigenvalue weighted by molar-refractivity contribution is 9.10. The van der Waals surface area contributed by atoms with Gasteiger partial charge in [-0.2, -0.15) is 0 Å². The van der Waals surface area contributed by atoms with Crippen LogP contribution in [0.5, 0.6) is 5.75 Å². The second kappa shape index (κ2) is 6.20. The minimum Gasteiger partial charge on any atom is -0.497 e. The molecule has 0 bridgehead atoms. The highest BCUT2D eigenvalue weighted by atomic mass is 79.9. The fourth-order valence-electron chi connectivity index (χ4n) is 2.26. The number of ketones is 1. The van der Waals surface area contributed by atoms with Gasteiger partial charge < -0.3 is 9.72 Å². The average molecular weight is 356 g/mol. The van der Waals surface area contributed by atoms with Crippen LogP contribution in [0.2, 0.25) is 0 Å². The lowest BCUT2D eigenvalue weighted by atomic mass is 10.1. The first-order chi connectivity index (χ1) is 10.7. The first kappa shape index (κ1) is 14.6. The quantitative estimate of drug-likeness (QED) is 0.537. The zero-order chi connectivity index (χ0) is 15.5. The van der Waals surface area contributed by atoms with Crippen molar-refractivity contribution in [2.75, 3.05) is 7.11 Å². The molecule has 0 amide bonds. The molecule has 0 unspecified atom stereocenters. The normalized spacial score (nSPS) is 11.2. The summed E-state index contributed by atoms with van der Waals surface area (Å²) in [5.74, 6) is 0.769. The molecular formula is C18H14BrNO2. The van der Waals surface area contributed by atoms with E-state index in [4.69, 9.17) is 4.74 Å². The molecule has 0 atom stereocenters. The molecule has 2 aromatic carbocycles. The van der Waals surface area contributed by atoms with Crippen LogP contribution in [-0.4, -0.2) is 17.9 Å². The van der Waals surface area contributed by atoms with Crippen LogP contribution < -0.4 is 4.74 Å². The van der Waals surface area contributed by atoms with Gasteiger partial charge in [0.05, 0.1) is 7.11 Å². The van der Waals surface area contributed by atoms with Crippen LogP contribution in [0.25, 0.3) is 17.0 Å². The Hall–Kier alpha value is -2.33. The van der Waals surface area contributed by atoms with Crippen molar-refractivity contribution in [2.45, 2.75) is 0 Å². The number of aromatic amines is 1. The molecule has 3 aromatic rings. The Morgan fingerprint density at radius 2 is 1.95 bits per heavy atom. The van der Waals surface area contributed by atoms with Gasteiger partial charge in [-0.15, -0.1) is 0 Å². The van der Waals surface area contributed by atoms with E-state index in [0.717, 1.165) is 26.7 Å². The minimum atomic E-state index is -0.0234. The predicted octanol–water partition coefficient (Wildman–Crippen LogP) is 4.84. The van der Waals surface area contributed by atoms with Gasteiger partial charge in [0.1, 0.15) is 5.75 Å². The van der Waals surface area contributed by atoms with Gasteiger partial charge in [0, 0.05) is 32.7 Å². The van der Waals surface area contributed by atoms with E-state index in [2.05, 4.69) is 20.9 Å². The molecule has 0 spiro atoms. The van der Waals surface area contributed by atoms with Gasteiger partial charge in [-0.3, -0.25) is 4.79 Å². The zero-order valence-electron chi connectivity index (χ0n) is 12.0. The maximum absolute atomic E-state index is 12.2. The maximum Gasteiger partial charge on any atom is 0.185 e. The lowest BCUT2D eigenvalue weighted by Gasteiger charge is -1.99. The van der Waals surface area contributed by atoms with E-state index in [1.807, 2.05) is 42.6 Å². The lowest BCUT2D eigenvalue weighted by Crippen LogP contribution is -1.92. The summed E-state index contributed by atoms with van der Waals surface area (Å²) < 4.78 is 6.20. The Labute approximate surface area is 136 Å². The van der Waals surface area contributed by atoms with Crippen molar-refractivity contribution >= 4 is 38.7 Å². The zero-order valence-corrected chi connectivity index (χ0v) is 13.6. The van der Waals surface area contributed by atoms with E-state index in [9.17, 15) is 4.79 Å². The topological polar surface area (TPSA) is 42.1 Å². The number of rotatable bonds is 4. The Morgan fingerprint density at radius 3 is 2.68 bits per heavy atom.